The number of carbonyl (C=O) groups excluding carboxylic acids is 1. The molecule has 1 aromatic heterocycles. The molecular weight excluding hydrogens is 447 g/mol. The number of ether oxygens (including phenoxy) is 1. The molecule has 3 aromatic carbocycles. The van der Waals surface area contributed by atoms with E-state index in [1.165, 1.54) is 17.0 Å². The van der Waals surface area contributed by atoms with E-state index in [0.29, 0.717) is 17.9 Å². The molecule has 0 radical (unpaired) electrons. The Morgan fingerprint density at radius 3 is 2.41 bits per heavy atom. The van der Waals surface area contributed by atoms with Gasteiger partial charge in [0.25, 0.3) is 5.91 Å². The summed E-state index contributed by atoms with van der Waals surface area (Å²) in [5.41, 5.74) is -0.437. The largest absolute Gasteiger partial charge is 0.494 e. The van der Waals surface area contributed by atoms with Crippen LogP contribution in [0.15, 0.2) is 82.0 Å². The normalized spacial score (nSPS) is 15.6. The molecule has 1 aliphatic rings. The van der Waals surface area contributed by atoms with Crippen molar-refractivity contribution in [3.05, 3.63) is 105 Å². The molecule has 172 valence electrons. The molecule has 5 nitrogen and oxygen atoms in total. The van der Waals surface area contributed by atoms with Crippen molar-refractivity contribution in [1.82, 2.24) is 0 Å². The number of nitrogens with zero attached hydrogens (tertiary/aromatic N) is 1. The van der Waals surface area contributed by atoms with Crippen molar-refractivity contribution < 1.29 is 27.1 Å². The number of para-hydroxylation sites is 1. The zero-order valence-electron chi connectivity index (χ0n) is 17.9. The maximum Gasteiger partial charge on any atom is 0.416 e. The average Bonchev–Trinajstić information content (AvgIpc) is 3.12. The highest BCUT2D eigenvalue weighted by atomic mass is 19.4. The first-order chi connectivity index (χ1) is 16.3. The summed E-state index contributed by atoms with van der Waals surface area (Å²) in [6.07, 6.45) is -4.59. The van der Waals surface area contributed by atoms with Gasteiger partial charge in [0.2, 0.25) is 5.76 Å². The molecule has 0 saturated carbocycles. The Balaban J connectivity index is 1.75. The van der Waals surface area contributed by atoms with E-state index in [9.17, 15) is 22.8 Å². The molecule has 4 aromatic rings. The van der Waals surface area contributed by atoms with Gasteiger partial charge in [-0.3, -0.25) is 14.5 Å². The Morgan fingerprint density at radius 2 is 1.71 bits per heavy atom. The van der Waals surface area contributed by atoms with Crippen molar-refractivity contribution >= 4 is 22.6 Å². The fourth-order valence-electron chi connectivity index (χ4n) is 4.25. The van der Waals surface area contributed by atoms with Crippen LogP contribution in [0, 0.1) is 0 Å². The van der Waals surface area contributed by atoms with Crippen molar-refractivity contribution in [3.8, 4) is 5.75 Å². The highest BCUT2D eigenvalue weighted by Crippen LogP contribution is 2.42. The second-order valence-electron chi connectivity index (χ2n) is 7.80. The predicted molar refractivity (Wildman–Crippen MR) is 120 cm³/mol. The number of hydrogen-bond acceptors (Lipinski definition) is 4. The Kier molecular flexibility index (Phi) is 5.16. The first kappa shape index (κ1) is 21.8. The minimum atomic E-state index is -4.59. The van der Waals surface area contributed by atoms with Crippen LogP contribution in [-0.2, 0) is 6.18 Å². The molecule has 2 heterocycles. The molecule has 0 saturated heterocycles. The molecular formula is C26H18F3NO4. The van der Waals surface area contributed by atoms with Gasteiger partial charge in [-0.25, -0.2) is 0 Å². The second-order valence-corrected chi connectivity index (χ2v) is 7.80. The van der Waals surface area contributed by atoms with Crippen LogP contribution >= 0.6 is 0 Å². The Hall–Kier alpha value is -4.07. The summed E-state index contributed by atoms with van der Waals surface area (Å²) < 4.78 is 51.6. The third kappa shape index (κ3) is 3.51. The fourth-order valence-corrected chi connectivity index (χ4v) is 4.25. The molecule has 8 heteroatoms. The summed E-state index contributed by atoms with van der Waals surface area (Å²) in [5, 5.41) is 0.288. The Bertz CT molecular complexity index is 1460. The van der Waals surface area contributed by atoms with Crippen LogP contribution in [0.25, 0.3) is 11.0 Å². The Labute approximate surface area is 192 Å². The van der Waals surface area contributed by atoms with Crippen LogP contribution in [-0.4, -0.2) is 12.5 Å². The first-order valence-electron chi connectivity index (χ1n) is 10.6. The van der Waals surface area contributed by atoms with Crippen molar-refractivity contribution in [3.63, 3.8) is 0 Å². The van der Waals surface area contributed by atoms with Gasteiger partial charge >= 0.3 is 6.18 Å². The maximum atomic E-state index is 13.5. The van der Waals surface area contributed by atoms with E-state index in [1.807, 2.05) is 6.92 Å². The minimum Gasteiger partial charge on any atom is -0.494 e. The molecule has 0 aliphatic carbocycles. The number of amides is 1. The van der Waals surface area contributed by atoms with Gasteiger partial charge in [-0.2, -0.15) is 13.2 Å². The third-order valence-electron chi connectivity index (χ3n) is 5.74. The molecule has 1 atom stereocenters. The molecule has 1 aliphatic heterocycles. The molecule has 34 heavy (non-hydrogen) atoms. The molecule has 1 unspecified atom stereocenters. The summed E-state index contributed by atoms with van der Waals surface area (Å²) in [4.78, 5) is 28.2. The monoisotopic (exact) mass is 465 g/mol. The first-order valence-corrected chi connectivity index (χ1v) is 10.6. The number of fused-ring (bicyclic) bond motifs is 2. The molecule has 0 N–H and O–H groups in total. The third-order valence-corrected chi connectivity index (χ3v) is 5.74. The van der Waals surface area contributed by atoms with Crippen LogP contribution in [0.1, 0.15) is 40.2 Å². The van der Waals surface area contributed by atoms with Crippen LogP contribution in [0.3, 0.4) is 0 Å². The van der Waals surface area contributed by atoms with Gasteiger partial charge in [0.1, 0.15) is 11.3 Å². The molecule has 0 spiro atoms. The van der Waals surface area contributed by atoms with Gasteiger partial charge in [-0.05, 0) is 55.0 Å². The van der Waals surface area contributed by atoms with Crippen LogP contribution in [0.4, 0.5) is 18.9 Å². The number of halogens is 3. The Morgan fingerprint density at radius 1 is 0.971 bits per heavy atom. The molecule has 1 amide bonds. The van der Waals surface area contributed by atoms with E-state index in [-0.39, 0.29) is 28.0 Å². The topological polar surface area (TPSA) is 59.8 Å². The smallest absolute Gasteiger partial charge is 0.416 e. The molecule has 0 fully saturated rings. The van der Waals surface area contributed by atoms with Gasteiger partial charge in [0, 0.05) is 5.69 Å². The van der Waals surface area contributed by atoms with E-state index in [4.69, 9.17) is 9.15 Å². The number of hydrogen-bond donors (Lipinski definition) is 0. The zero-order valence-corrected chi connectivity index (χ0v) is 17.9. The lowest BCUT2D eigenvalue weighted by Gasteiger charge is -2.26. The lowest BCUT2D eigenvalue weighted by Crippen LogP contribution is -2.29. The summed E-state index contributed by atoms with van der Waals surface area (Å²) in [5.74, 6) is -0.275. The van der Waals surface area contributed by atoms with Crippen molar-refractivity contribution in [2.75, 3.05) is 11.5 Å². The number of alkyl halides is 3. The van der Waals surface area contributed by atoms with Gasteiger partial charge in [0.15, 0.2) is 5.43 Å². The maximum absolute atomic E-state index is 13.5. The van der Waals surface area contributed by atoms with Crippen molar-refractivity contribution in [2.24, 2.45) is 0 Å². The summed E-state index contributed by atoms with van der Waals surface area (Å²) in [6.45, 7) is 2.29. The van der Waals surface area contributed by atoms with Gasteiger partial charge < -0.3 is 9.15 Å². The van der Waals surface area contributed by atoms with Crippen LogP contribution < -0.4 is 15.1 Å². The summed E-state index contributed by atoms with van der Waals surface area (Å²) in [7, 11) is 0. The SMILES string of the molecule is CCOc1ccc(C2c3c(oc4ccccc4c3=O)C(=O)N2c2cccc(C(F)(F)F)c2)cc1. The van der Waals surface area contributed by atoms with Crippen molar-refractivity contribution in [2.45, 2.75) is 19.1 Å². The van der Waals surface area contributed by atoms with E-state index in [0.717, 1.165) is 12.1 Å². The second kappa shape index (κ2) is 8.06. The van der Waals surface area contributed by atoms with E-state index in [2.05, 4.69) is 0 Å². The molecule has 0 bridgehead atoms. The zero-order chi connectivity index (χ0) is 24.0. The number of anilines is 1. The highest BCUT2D eigenvalue weighted by molar-refractivity contribution is 6.10. The number of carbonyl (C=O) groups is 1. The van der Waals surface area contributed by atoms with Crippen LogP contribution in [0.2, 0.25) is 0 Å². The highest BCUT2D eigenvalue weighted by Gasteiger charge is 2.44. The average molecular weight is 465 g/mol. The predicted octanol–water partition coefficient (Wildman–Crippen LogP) is 5.96. The molecule has 5 rings (SSSR count). The quantitative estimate of drug-likeness (QED) is 0.373. The van der Waals surface area contributed by atoms with Gasteiger partial charge in [-0.15, -0.1) is 0 Å². The minimum absolute atomic E-state index is 0.00793. The van der Waals surface area contributed by atoms with Crippen LogP contribution in [0.5, 0.6) is 5.75 Å². The fraction of sp³-hybridized carbons (Fsp3) is 0.154. The standard InChI is InChI=1S/C26H18F3NO4/c1-2-33-18-12-10-15(11-13-18)22-21-23(31)19-8-3-4-9-20(19)34-24(21)25(32)30(22)17-7-5-6-16(14-17)26(27,28)29/h3-14,22H,2H2,1H3. The van der Waals surface area contributed by atoms with Gasteiger partial charge in [-0.1, -0.05) is 30.3 Å². The summed E-state index contributed by atoms with van der Waals surface area (Å²) in [6, 6.07) is 16.8. The van der Waals surface area contributed by atoms with E-state index < -0.39 is 29.1 Å². The van der Waals surface area contributed by atoms with Gasteiger partial charge in [0.05, 0.1) is 29.2 Å². The number of benzene rings is 3. The number of rotatable bonds is 4. The van der Waals surface area contributed by atoms with E-state index in [1.54, 1.807) is 48.5 Å². The van der Waals surface area contributed by atoms with Crippen molar-refractivity contribution in [1.29, 1.82) is 0 Å². The lowest BCUT2D eigenvalue weighted by molar-refractivity contribution is -0.137. The lowest BCUT2D eigenvalue weighted by atomic mass is 9.98. The summed E-state index contributed by atoms with van der Waals surface area (Å²) >= 11 is 0. The van der Waals surface area contributed by atoms with E-state index >= 15 is 0 Å².